The maximum absolute atomic E-state index is 12.9. The normalized spacial score (nSPS) is 22.0. The van der Waals surface area contributed by atoms with E-state index < -0.39 is 10.0 Å². The minimum Gasteiger partial charge on any atom is -0.495 e. The second-order valence-corrected chi connectivity index (χ2v) is 7.69. The fourth-order valence-electron chi connectivity index (χ4n) is 2.75. The zero-order chi connectivity index (χ0) is 15.6. The molecular formula is C15H24N2O3S. The van der Waals surface area contributed by atoms with Crippen molar-refractivity contribution in [1.82, 2.24) is 4.31 Å². The SMILES string of the molecule is COc1ccc(C)cc1S(=O)(=O)N1CCC[C@@H]([C@@H](C)N)C1. The zero-order valence-corrected chi connectivity index (χ0v) is 13.7. The van der Waals surface area contributed by atoms with E-state index in [0.717, 1.165) is 18.4 Å². The van der Waals surface area contributed by atoms with E-state index in [2.05, 4.69) is 0 Å². The third-order valence-corrected chi connectivity index (χ3v) is 5.99. The molecule has 0 aromatic heterocycles. The van der Waals surface area contributed by atoms with Gasteiger partial charge in [0, 0.05) is 19.1 Å². The van der Waals surface area contributed by atoms with Crippen molar-refractivity contribution in [2.75, 3.05) is 20.2 Å². The van der Waals surface area contributed by atoms with Crippen molar-refractivity contribution in [2.45, 2.75) is 37.6 Å². The van der Waals surface area contributed by atoms with Crippen molar-refractivity contribution < 1.29 is 13.2 Å². The summed E-state index contributed by atoms with van der Waals surface area (Å²) in [6, 6.07) is 5.22. The Balaban J connectivity index is 2.35. The highest BCUT2D eigenvalue weighted by molar-refractivity contribution is 7.89. The second-order valence-electron chi connectivity index (χ2n) is 5.78. The Morgan fingerprint density at radius 3 is 2.76 bits per heavy atom. The van der Waals surface area contributed by atoms with Crippen LogP contribution >= 0.6 is 0 Å². The average molecular weight is 312 g/mol. The van der Waals surface area contributed by atoms with Gasteiger partial charge in [-0.15, -0.1) is 0 Å². The number of methoxy groups -OCH3 is 1. The lowest BCUT2D eigenvalue weighted by Gasteiger charge is -2.34. The van der Waals surface area contributed by atoms with Crippen LogP contribution in [-0.4, -0.2) is 39.0 Å². The molecule has 1 heterocycles. The van der Waals surface area contributed by atoms with E-state index in [1.54, 1.807) is 16.4 Å². The summed E-state index contributed by atoms with van der Waals surface area (Å²) >= 11 is 0. The average Bonchev–Trinajstić information content (AvgIpc) is 2.47. The fraction of sp³-hybridized carbons (Fsp3) is 0.600. The van der Waals surface area contributed by atoms with Crippen LogP contribution in [0.25, 0.3) is 0 Å². The smallest absolute Gasteiger partial charge is 0.246 e. The number of ether oxygens (including phenoxy) is 1. The van der Waals surface area contributed by atoms with Crippen LogP contribution in [0.15, 0.2) is 23.1 Å². The standard InChI is InChI=1S/C15H24N2O3S/c1-11-6-7-14(20-3)15(9-11)21(18,19)17-8-4-5-13(10-17)12(2)16/h6-7,9,12-13H,4-5,8,10,16H2,1-3H3/t12-,13-/m1/s1. The van der Waals surface area contributed by atoms with Gasteiger partial charge in [0.05, 0.1) is 7.11 Å². The van der Waals surface area contributed by atoms with Crippen molar-refractivity contribution >= 4 is 10.0 Å². The molecular weight excluding hydrogens is 288 g/mol. The van der Waals surface area contributed by atoms with Gasteiger partial charge in [-0.2, -0.15) is 4.31 Å². The predicted octanol–water partition coefficient (Wildman–Crippen LogP) is 1.75. The van der Waals surface area contributed by atoms with Crippen LogP contribution in [0.3, 0.4) is 0 Å². The van der Waals surface area contributed by atoms with Crippen LogP contribution in [0, 0.1) is 12.8 Å². The maximum Gasteiger partial charge on any atom is 0.246 e. The molecule has 21 heavy (non-hydrogen) atoms. The number of aryl methyl sites for hydroxylation is 1. The predicted molar refractivity (Wildman–Crippen MR) is 82.9 cm³/mol. The molecule has 2 atom stereocenters. The van der Waals surface area contributed by atoms with Gasteiger partial charge < -0.3 is 10.5 Å². The first-order valence-electron chi connectivity index (χ1n) is 7.26. The minimum atomic E-state index is -3.54. The summed E-state index contributed by atoms with van der Waals surface area (Å²) in [6.45, 7) is 4.84. The molecule has 0 unspecified atom stereocenters. The molecule has 6 heteroatoms. The summed E-state index contributed by atoms with van der Waals surface area (Å²) in [6.07, 6.45) is 1.83. The van der Waals surface area contributed by atoms with Gasteiger partial charge in [-0.25, -0.2) is 8.42 Å². The number of hydrogen-bond acceptors (Lipinski definition) is 4. The van der Waals surface area contributed by atoms with Gasteiger partial charge >= 0.3 is 0 Å². The van der Waals surface area contributed by atoms with Crippen molar-refractivity contribution in [1.29, 1.82) is 0 Å². The molecule has 0 radical (unpaired) electrons. The number of rotatable bonds is 4. The summed E-state index contributed by atoms with van der Waals surface area (Å²) in [5.41, 5.74) is 6.84. The largest absolute Gasteiger partial charge is 0.495 e. The zero-order valence-electron chi connectivity index (χ0n) is 12.9. The lowest BCUT2D eigenvalue weighted by Crippen LogP contribution is -2.45. The molecule has 1 saturated heterocycles. The van der Waals surface area contributed by atoms with Crippen molar-refractivity contribution in [3.8, 4) is 5.75 Å². The molecule has 0 bridgehead atoms. The van der Waals surface area contributed by atoms with E-state index in [0.29, 0.717) is 18.8 Å². The molecule has 2 N–H and O–H groups in total. The molecule has 0 saturated carbocycles. The Morgan fingerprint density at radius 2 is 2.14 bits per heavy atom. The molecule has 1 aromatic carbocycles. The van der Waals surface area contributed by atoms with Crippen LogP contribution in [-0.2, 0) is 10.0 Å². The molecule has 1 fully saturated rings. The van der Waals surface area contributed by atoms with E-state index in [9.17, 15) is 8.42 Å². The quantitative estimate of drug-likeness (QED) is 0.919. The number of nitrogens with zero attached hydrogens (tertiary/aromatic N) is 1. The molecule has 0 aliphatic carbocycles. The molecule has 0 amide bonds. The minimum absolute atomic E-state index is 0.00223. The van der Waals surface area contributed by atoms with Crippen LogP contribution in [0.4, 0.5) is 0 Å². The third kappa shape index (κ3) is 3.39. The Bertz CT molecular complexity index is 599. The Labute approximate surface area is 127 Å². The summed E-state index contributed by atoms with van der Waals surface area (Å²) in [5, 5.41) is 0. The second kappa shape index (κ2) is 6.34. The molecule has 2 rings (SSSR count). The van der Waals surface area contributed by atoms with E-state index >= 15 is 0 Å². The van der Waals surface area contributed by atoms with Gasteiger partial charge in [-0.1, -0.05) is 6.07 Å². The highest BCUT2D eigenvalue weighted by Crippen LogP contribution is 2.30. The van der Waals surface area contributed by atoms with Crippen LogP contribution in [0.5, 0.6) is 5.75 Å². The van der Waals surface area contributed by atoms with E-state index in [1.807, 2.05) is 19.9 Å². The molecule has 1 aromatic rings. The third-order valence-electron chi connectivity index (χ3n) is 4.10. The highest BCUT2D eigenvalue weighted by Gasteiger charge is 2.33. The molecule has 5 nitrogen and oxygen atoms in total. The maximum atomic E-state index is 12.9. The Morgan fingerprint density at radius 1 is 1.43 bits per heavy atom. The molecule has 1 aliphatic heterocycles. The van der Waals surface area contributed by atoms with E-state index in [-0.39, 0.29) is 16.9 Å². The van der Waals surface area contributed by atoms with Crippen molar-refractivity contribution in [2.24, 2.45) is 11.7 Å². The number of nitrogens with two attached hydrogens (primary N) is 1. The van der Waals surface area contributed by atoms with Crippen molar-refractivity contribution in [3.05, 3.63) is 23.8 Å². The Hall–Kier alpha value is -1.11. The first-order valence-corrected chi connectivity index (χ1v) is 8.70. The monoisotopic (exact) mass is 312 g/mol. The van der Waals surface area contributed by atoms with Crippen LogP contribution in [0.2, 0.25) is 0 Å². The lowest BCUT2D eigenvalue weighted by atomic mass is 9.93. The lowest BCUT2D eigenvalue weighted by molar-refractivity contribution is 0.242. The molecule has 118 valence electrons. The molecule has 0 spiro atoms. The first-order chi connectivity index (χ1) is 9.86. The van der Waals surface area contributed by atoms with Crippen molar-refractivity contribution in [3.63, 3.8) is 0 Å². The summed E-state index contributed by atoms with van der Waals surface area (Å²) < 4.78 is 32.5. The number of hydrogen-bond donors (Lipinski definition) is 1. The van der Waals surface area contributed by atoms with Gasteiger partial charge in [-0.3, -0.25) is 0 Å². The number of piperidine rings is 1. The topological polar surface area (TPSA) is 72.6 Å². The summed E-state index contributed by atoms with van der Waals surface area (Å²) in [5.74, 6) is 0.604. The van der Waals surface area contributed by atoms with Gasteiger partial charge in [0.25, 0.3) is 0 Å². The van der Waals surface area contributed by atoms with Crippen LogP contribution < -0.4 is 10.5 Å². The van der Waals surface area contributed by atoms with E-state index in [4.69, 9.17) is 10.5 Å². The number of sulfonamides is 1. The highest BCUT2D eigenvalue weighted by atomic mass is 32.2. The Kier molecular flexibility index (Phi) is 4.91. The van der Waals surface area contributed by atoms with Gasteiger partial charge in [0.2, 0.25) is 10.0 Å². The van der Waals surface area contributed by atoms with Gasteiger partial charge in [0.1, 0.15) is 10.6 Å². The van der Waals surface area contributed by atoms with Gasteiger partial charge in [0.15, 0.2) is 0 Å². The molecule has 1 aliphatic rings. The summed E-state index contributed by atoms with van der Waals surface area (Å²) in [7, 11) is -2.05. The summed E-state index contributed by atoms with van der Waals surface area (Å²) in [4.78, 5) is 0.246. The number of benzene rings is 1. The van der Waals surface area contributed by atoms with Crippen LogP contribution in [0.1, 0.15) is 25.3 Å². The van der Waals surface area contributed by atoms with E-state index in [1.165, 1.54) is 7.11 Å². The fourth-order valence-corrected chi connectivity index (χ4v) is 4.52. The first kappa shape index (κ1) is 16.3. The van der Waals surface area contributed by atoms with Gasteiger partial charge in [-0.05, 0) is 50.3 Å².